The molecule has 0 radical (unpaired) electrons. The molecule has 3 nitrogen and oxygen atoms in total. The Balaban J connectivity index is 2.45. The molecule has 1 aromatic carbocycles. The van der Waals surface area contributed by atoms with Crippen molar-refractivity contribution in [2.75, 3.05) is 5.32 Å². The van der Waals surface area contributed by atoms with Crippen molar-refractivity contribution in [3.05, 3.63) is 52.8 Å². The van der Waals surface area contributed by atoms with Gasteiger partial charge in [-0.15, -0.1) is 0 Å². The number of nitrogens with one attached hydrogen (secondary N) is 1. The maximum Gasteiger partial charge on any atom is 0.151 e. The summed E-state index contributed by atoms with van der Waals surface area (Å²) in [5.74, 6) is -1.57. The summed E-state index contributed by atoms with van der Waals surface area (Å²) < 4.78 is 26.6. The lowest BCUT2D eigenvalue weighted by molar-refractivity contribution is 0.586. The topological polar surface area (TPSA) is 50.9 Å². The van der Waals surface area contributed by atoms with Gasteiger partial charge in [-0.2, -0.15) is 0 Å². The van der Waals surface area contributed by atoms with E-state index in [0.29, 0.717) is 11.3 Å². The Hall–Kier alpha value is -1.79. The van der Waals surface area contributed by atoms with E-state index in [9.17, 15) is 8.78 Å². The minimum atomic E-state index is -0.817. The summed E-state index contributed by atoms with van der Waals surface area (Å²) in [5, 5.41) is 2.63. The van der Waals surface area contributed by atoms with Crippen LogP contribution in [0.25, 0.3) is 0 Å². The zero-order valence-electron chi connectivity index (χ0n) is 9.45. The first kappa shape index (κ1) is 13.6. The summed E-state index contributed by atoms with van der Waals surface area (Å²) in [6, 6.07) is 3.31. The fraction of sp³-hybridized carbons (Fsp3) is 0. The Labute approximate surface area is 118 Å². The maximum absolute atomic E-state index is 13.7. The molecule has 0 saturated heterocycles. The fourth-order valence-corrected chi connectivity index (χ4v) is 1.92. The third kappa shape index (κ3) is 2.97. The fourth-order valence-electron chi connectivity index (χ4n) is 1.51. The second-order valence-corrected chi connectivity index (χ2v) is 4.50. The van der Waals surface area contributed by atoms with E-state index >= 15 is 0 Å². The van der Waals surface area contributed by atoms with E-state index in [1.807, 2.05) is 0 Å². The van der Waals surface area contributed by atoms with Crippen LogP contribution >= 0.6 is 23.8 Å². The van der Waals surface area contributed by atoms with Crippen molar-refractivity contribution >= 4 is 40.2 Å². The van der Waals surface area contributed by atoms with Gasteiger partial charge < -0.3 is 11.1 Å². The van der Waals surface area contributed by atoms with Gasteiger partial charge in [0.2, 0.25) is 0 Å². The summed E-state index contributed by atoms with van der Waals surface area (Å²) in [5.41, 5.74) is 6.37. The van der Waals surface area contributed by atoms with Gasteiger partial charge >= 0.3 is 0 Å². The minimum Gasteiger partial charge on any atom is -0.389 e. The molecule has 0 aliphatic rings. The Morgan fingerprint density at radius 2 is 2.11 bits per heavy atom. The van der Waals surface area contributed by atoms with E-state index < -0.39 is 11.6 Å². The molecule has 2 aromatic rings. The third-order valence-corrected chi connectivity index (χ3v) is 2.87. The van der Waals surface area contributed by atoms with Gasteiger partial charge in [0.05, 0.1) is 22.6 Å². The third-order valence-electron chi connectivity index (χ3n) is 2.35. The zero-order valence-corrected chi connectivity index (χ0v) is 11.0. The van der Waals surface area contributed by atoms with Crippen LogP contribution < -0.4 is 11.1 Å². The lowest BCUT2D eigenvalue weighted by Gasteiger charge is -2.12. The molecular weight excluding hydrogens is 292 g/mol. The highest BCUT2D eigenvalue weighted by molar-refractivity contribution is 7.80. The highest BCUT2D eigenvalue weighted by Crippen LogP contribution is 2.30. The van der Waals surface area contributed by atoms with Crippen molar-refractivity contribution in [2.45, 2.75) is 0 Å². The van der Waals surface area contributed by atoms with Crippen molar-refractivity contribution in [3.63, 3.8) is 0 Å². The van der Waals surface area contributed by atoms with E-state index in [1.54, 1.807) is 6.07 Å². The minimum absolute atomic E-state index is 0.0615. The molecule has 98 valence electrons. The maximum atomic E-state index is 13.7. The zero-order chi connectivity index (χ0) is 14.0. The molecule has 0 saturated carbocycles. The molecule has 1 heterocycles. The molecule has 0 bridgehead atoms. The summed E-state index contributed by atoms with van der Waals surface area (Å²) >= 11 is 10.7. The largest absolute Gasteiger partial charge is 0.389 e. The van der Waals surface area contributed by atoms with Crippen molar-refractivity contribution in [3.8, 4) is 0 Å². The number of halogens is 3. The Morgan fingerprint density at radius 1 is 1.37 bits per heavy atom. The number of rotatable bonds is 3. The van der Waals surface area contributed by atoms with Crippen LogP contribution in [0.15, 0.2) is 30.6 Å². The molecule has 0 aliphatic carbocycles. The lowest BCUT2D eigenvalue weighted by Crippen LogP contribution is -2.12. The molecule has 0 fully saturated rings. The summed E-state index contributed by atoms with van der Waals surface area (Å²) in [4.78, 5) is 4.01. The molecule has 0 unspecified atom stereocenters. The molecule has 19 heavy (non-hydrogen) atoms. The number of thiocarbonyl (C=S) groups is 1. The number of aromatic nitrogens is 1. The summed E-state index contributed by atoms with van der Waals surface area (Å²) in [7, 11) is 0. The number of nitrogens with two attached hydrogens (primary N) is 1. The van der Waals surface area contributed by atoms with Crippen molar-refractivity contribution < 1.29 is 8.78 Å². The van der Waals surface area contributed by atoms with Crippen molar-refractivity contribution in [1.29, 1.82) is 0 Å². The highest BCUT2D eigenvalue weighted by atomic mass is 35.5. The molecule has 0 atom stereocenters. The Morgan fingerprint density at radius 3 is 2.74 bits per heavy atom. The van der Waals surface area contributed by atoms with Crippen LogP contribution in [0.4, 0.5) is 20.2 Å². The number of anilines is 2. The standard InChI is InChI=1S/C12H8ClF2N3S/c13-8-3-6(14)4-9(15)11(8)18-10-5-17-2-1-7(10)12(16)19/h1-5,18H,(H2,16,19). The van der Waals surface area contributed by atoms with Crippen molar-refractivity contribution in [2.24, 2.45) is 5.73 Å². The van der Waals surface area contributed by atoms with Gasteiger partial charge in [-0.05, 0) is 12.1 Å². The van der Waals surface area contributed by atoms with E-state index in [2.05, 4.69) is 10.3 Å². The lowest BCUT2D eigenvalue weighted by atomic mass is 10.2. The summed E-state index contributed by atoms with van der Waals surface area (Å²) in [6.07, 6.45) is 2.93. The Kier molecular flexibility index (Phi) is 3.92. The van der Waals surface area contributed by atoms with Gasteiger partial charge in [0.15, 0.2) is 5.82 Å². The first-order valence-electron chi connectivity index (χ1n) is 5.14. The molecule has 7 heteroatoms. The van der Waals surface area contributed by atoms with E-state index in [4.69, 9.17) is 29.6 Å². The van der Waals surface area contributed by atoms with Crippen LogP contribution in [0.1, 0.15) is 5.56 Å². The van der Waals surface area contributed by atoms with E-state index in [0.717, 1.165) is 12.1 Å². The van der Waals surface area contributed by atoms with Crippen LogP contribution in [0, 0.1) is 11.6 Å². The average Bonchev–Trinajstić information content (AvgIpc) is 2.34. The highest BCUT2D eigenvalue weighted by Gasteiger charge is 2.13. The quantitative estimate of drug-likeness (QED) is 0.853. The second kappa shape index (κ2) is 5.46. The van der Waals surface area contributed by atoms with E-state index in [1.165, 1.54) is 12.4 Å². The first-order chi connectivity index (χ1) is 8.99. The molecule has 0 aliphatic heterocycles. The van der Waals surface area contributed by atoms with Crippen molar-refractivity contribution in [1.82, 2.24) is 4.98 Å². The van der Waals surface area contributed by atoms with Crippen LogP contribution in [0.3, 0.4) is 0 Å². The molecule has 0 amide bonds. The molecular formula is C12H8ClF2N3S. The van der Waals surface area contributed by atoms with Gasteiger partial charge in [0.25, 0.3) is 0 Å². The Bertz CT molecular complexity index is 626. The van der Waals surface area contributed by atoms with Crippen LogP contribution in [-0.4, -0.2) is 9.97 Å². The number of hydrogen-bond acceptors (Lipinski definition) is 3. The van der Waals surface area contributed by atoms with Gasteiger partial charge in [0, 0.05) is 17.8 Å². The number of nitrogens with zero attached hydrogens (tertiary/aromatic N) is 1. The molecule has 0 spiro atoms. The van der Waals surface area contributed by atoms with Gasteiger partial charge in [-0.1, -0.05) is 23.8 Å². The van der Waals surface area contributed by atoms with Gasteiger partial charge in [0.1, 0.15) is 10.8 Å². The SMILES string of the molecule is NC(=S)c1ccncc1Nc1c(F)cc(F)cc1Cl. The van der Waals surface area contributed by atoms with E-state index in [-0.39, 0.29) is 15.7 Å². The van der Waals surface area contributed by atoms with Crippen LogP contribution in [0.5, 0.6) is 0 Å². The number of benzene rings is 1. The second-order valence-electron chi connectivity index (χ2n) is 3.65. The van der Waals surface area contributed by atoms with Crippen LogP contribution in [-0.2, 0) is 0 Å². The predicted octanol–water partition coefficient (Wildman–Crippen LogP) is 3.39. The molecule has 1 aromatic heterocycles. The average molecular weight is 300 g/mol. The van der Waals surface area contributed by atoms with Gasteiger partial charge in [-0.25, -0.2) is 8.78 Å². The first-order valence-corrected chi connectivity index (χ1v) is 5.93. The number of pyridine rings is 1. The summed E-state index contributed by atoms with van der Waals surface area (Å²) in [6.45, 7) is 0. The van der Waals surface area contributed by atoms with Crippen LogP contribution in [0.2, 0.25) is 5.02 Å². The molecule has 3 N–H and O–H groups in total. The number of hydrogen-bond donors (Lipinski definition) is 2. The smallest absolute Gasteiger partial charge is 0.151 e. The van der Waals surface area contributed by atoms with Gasteiger partial charge in [-0.3, -0.25) is 4.98 Å². The monoisotopic (exact) mass is 299 g/mol. The molecule has 2 rings (SSSR count). The predicted molar refractivity (Wildman–Crippen MR) is 74.8 cm³/mol. The normalized spacial score (nSPS) is 10.3.